The number of hydrogen-bond donors (Lipinski definition) is 3. The fourth-order valence-corrected chi connectivity index (χ4v) is 2.47. The second-order valence-electron chi connectivity index (χ2n) is 5.22. The van der Waals surface area contributed by atoms with Gasteiger partial charge in [0.1, 0.15) is 5.82 Å². The third-order valence-corrected chi connectivity index (χ3v) is 3.62. The molecular weight excluding hydrogens is 290 g/mol. The summed E-state index contributed by atoms with van der Waals surface area (Å²) < 4.78 is 5.01. The largest absolute Gasteiger partial charge is 0.383 e. The van der Waals surface area contributed by atoms with E-state index in [9.17, 15) is 0 Å². The van der Waals surface area contributed by atoms with Crippen LogP contribution < -0.4 is 10.6 Å². The minimum absolute atomic E-state index is 0.632. The minimum Gasteiger partial charge on any atom is -0.383 e. The van der Waals surface area contributed by atoms with Crippen molar-refractivity contribution in [2.24, 2.45) is 0 Å². The summed E-state index contributed by atoms with van der Waals surface area (Å²) in [5, 5.41) is 7.73. The highest BCUT2D eigenvalue weighted by Crippen LogP contribution is 2.18. The molecule has 3 N–H and O–H groups in total. The van der Waals surface area contributed by atoms with Gasteiger partial charge in [-0.2, -0.15) is 4.98 Å². The van der Waals surface area contributed by atoms with Crippen LogP contribution >= 0.6 is 0 Å². The van der Waals surface area contributed by atoms with Gasteiger partial charge in [-0.05, 0) is 24.1 Å². The smallest absolute Gasteiger partial charge is 0.224 e. The van der Waals surface area contributed by atoms with E-state index < -0.39 is 0 Å². The van der Waals surface area contributed by atoms with Gasteiger partial charge < -0.3 is 20.4 Å². The highest BCUT2D eigenvalue weighted by molar-refractivity contribution is 5.83. The maximum absolute atomic E-state index is 5.01. The average Bonchev–Trinajstić information content (AvgIpc) is 2.99. The Morgan fingerprint density at radius 1 is 1.13 bits per heavy atom. The van der Waals surface area contributed by atoms with Crippen LogP contribution in [0.1, 0.15) is 5.56 Å². The summed E-state index contributed by atoms with van der Waals surface area (Å²) in [4.78, 5) is 12.0. The topological polar surface area (TPSA) is 74.9 Å². The highest BCUT2D eigenvalue weighted by atomic mass is 16.5. The number of ether oxygens (including phenoxy) is 1. The van der Waals surface area contributed by atoms with Crippen molar-refractivity contribution in [1.29, 1.82) is 0 Å². The molecule has 0 spiro atoms. The molecule has 0 fully saturated rings. The van der Waals surface area contributed by atoms with E-state index in [0.29, 0.717) is 12.6 Å². The van der Waals surface area contributed by atoms with Crippen molar-refractivity contribution in [1.82, 2.24) is 15.0 Å². The Hall–Kier alpha value is -2.60. The third-order valence-electron chi connectivity index (χ3n) is 3.62. The quantitative estimate of drug-likeness (QED) is 0.558. The van der Waals surface area contributed by atoms with Crippen LogP contribution in [0.4, 0.5) is 11.8 Å². The lowest BCUT2D eigenvalue weighted by atomic mass is 10.1. The molecule has 0 amide bonds. The number of hydrogen-bond acceptors (Lipinski definition) is 5. The van der Waals surface area contributed by atoms with Gasteiger partial charge in [0.25, 0.3) is 0 Å². The van der Waals surface area contributed by atoms with Crippen LogP contribution in [0.25, 0.3) is 10.9 Å². The summed E-state index contributed by atoms with van der Waals surface area (Å²) in [6.07, 6.45) is 4.72. The molecule has 0 radical (unpaired) electrons. The molecule has 0 atom stereocenters. The lowest BCUT2D eigenvalue weighted by molar-refractivity contribution is 0.210. The van der Waals surface area contributed by atoms with Crippen LogP contribution in [-0.2, 0) is 11.2 Å². The van der Waals surface area contributed by atoms with Crippen LogP contribution in [0.15, 0.2) is 42.7 Å². The lowest BCUT2D eigenvalue weighted by Gasteiger charge is -2.08. The fraction of sp³-hybridized carbons (Fsp3) is 0.294. The minimum atomic E-state index is 0.632. The summed E-state index contributed by atoms with van der Waals surface area (Å²) in [7, 11) is 1.68. The number of fused-ring (bicyclic) bond motifs is 1. The fourth-order valence-electron chi connectivity index (χ4n) is 2.47. The Morgan fingerprint density at radius 2 is 2.04 bits per heavy atom. The van der Waals surface area contributed by atoms with Crippen LogP contribution in [0.5, 0.6) is 0 Å². The van der Waals surface area contributed by atoms with Crippen molar-refractivity contribution in [2.45, 2.75) is 6.42 Å². The lowest BCUT2D eigenvalue weighted by Crippen LogP contribution is -2.11. The molecular formula is C17H21N5O. The van der Waals surface area contributed by atoms with E-state index in [2.05, 4.69) is 50.0 Å². The number of benzene rings is 1. The number of H-pyrrole nitrogens is 1. The van der Waals surface area contributed by atoms with E-state index >= 15 is 0 Å². The molecule has 0 aliphatic rings. The Labute approximate surface area is 135 Å². The molecule has 0 aliphatic carbocycles. The molecule has 3 rings (SSSR count). The summed E-state index contributed by atoms with van der Waals surface area (Å²) in [6.45, 7) is 2.15. The van der Waals surface area contributed by atoms with Crippen LogP contribution in [0, 0.1) is 0 Å². The van der Waals surface area contributed by atoms with E-state index in [1.54, 1.807) is 13.3 Å². The van der Waals surface area contributed by atoms with E-state index in [-0.39, 0.29) is 0 Å². The van der Waals surface area contributed by atoms with Gasteiger partial charge in [0.2, 0.25) is 5.95 Å². The Balaban J connectivity index is 1.55. The monoisotopic (exact) mass is 311 g/mol. The van der Waals surface area contributed by atoms with Crippen LogP contribution in [-0.4, -0.2) is 41.8 Å². The van der Waals surface area contributed by atoms with Crippen molar-refractivity contribution >= 4 is 22.7 Å². The first kappa shape index (κ1) is 15.3. The molecule has 0 saturated carbocycles. The van der Waals surface area contributed by atoms with E-state index in [0.717, 1.165) is 25.3 Å². The number of methoxy groups -OCH3 is 1. The maximum atomic E-state index is 5.01. The number of anilines is 2. The standard InChI is InChI=1S/C17H21N5O/c1-23-11-10-18-16-7-9-20-17(22-16)19-8-6-13-12-21-15-5-3-2-4-14(13)15/h2-5,7,9,12,21H,6,8,10-11H2,1H3,(H2,18,19,20,22). The van der Waals surface area contributed by atoms with Gasteiger partial charge in [-0.3, -0.25) is 0 Å². The van der Waals surface area contributed by atoms with Crippen molar-refractivity contribution in [2.75, 3.05) is 37.4 Å². The number of para-hydroxylation sites is 1. The zero-order chi connectivity index (χ0) is 15.9. The Bertz CT molecular complexity index is 755. The van der Waals surface area contributed by atoms with Crippen LogP contribution in [0.3, 0.4) is 0 Å². The number of nitrogens with one attached hydrogen (secondary N) is 3. The summed E-state index contributed by atoms with van der Waals surface area (Å²) in [5.41, 5.74) is 2.46. The van der Waals surface area contributed by atoms with E-state index in [1.165, 1.54) is 16.5 Å². The highest BCUT2D eigenvalue weighted by Gasteiger charge is 2.03. The van der Waals surface area contributed by atoms with Gasteiger partial charge in [-0.15, -0.1) is 0 Å². The Morgan fingerprint density at radius 3 is 2.96 bits per heavy atom. The molecule has 0 saturated heterocycles. The summed E-state index contributed by atoms with van der Waals surface area (Å²) in [6, 6.07) is 10.2. The molecule has 0 unspecified atom stereocenters. The first-order valence-electron chi connectivity index (χ1n) is 7.71. The van der Waals surface area contributed by atoms with Gasteiger partial charge in [0.05, 0.1) is 6.61 Å². The maximum Gasteiger partial charge on any atom is 0.224 e. The molecule has 1 aromatic carbocycles. The normalized spacial score (nSPS) is 10.8. The van der Waals surface area contributed by atoms with Crippen molar-refractivity contribution in [3.8, 4) is 0 Å². The van der Waals surface area contributed by atoms with E-state index in [4.69, 9.17) is 4.74 Å². The molecule has 6 nitrogen and oxygen atoms in total. The number of aromatic nitrogens is 3. The SMILES string of the molecule is COCCNc1ccnc(NCCc2c[nH]c3ccccc23)n1. The van der Waals surface area contributed by atoms with Crippen LogP contribution in [0.2, 0.25) is 0 Å². The zero-order valence-corrected chi connectivity index (χ0v) is 13.2. The molecule has 120 valence electrons. The zero-order valence-electron chi connectivity index (χ0n) is 13.2. The molecule has 3 aromatic rings. The Kier molecular flexibility index (Phi) is 5.06. The van der Waals surface area contributed by atoms with Gasteiger partial charge in [0, 0.05) is 43.5 Å². The van der Waals surface area contributed by atoms with Gasteiger partial charge in [0.15, 0.2) is 0 Å². The average molecular weight is 311 g/mol. The first-order chi connectivity index (χ1) is 11.4. The summed E-state index contributed by atoms with van der Waals surface area (Å²) in [5.74, 6) is 1.43. The molecule has 0 aliphatic heterocycles. The first-order valence-corrected chi connectivity index (χ1v) is 7.71. The molecule has 0 bridgehead atoms. The summed E-state index contributed by atoms with van der Waals surface area (Å²) >= 11 is 0. The second kappa shape index (κ2) is 7.60. The van der Waals surface area contributed by atoms with Crippen molar-refractivity contribution in [3.05, 3.63) is 48.3 Å². The van der Waals surface area contributed by atoms with Gasteiger partial charge >= 0.3 is 0 Å². The predicted octanol–water partition coefficient (Wildman–Crippen LogP) is 2.67. The predicted molar refractivity (Wildman–Crippen MR) is 92.9 cm³/mol. The van der Waals surface area contributed by atoms with Crippen molar-refractivity contribution < 1.29 is 4.74 Å². The molecule has 2 aromatic heterocycles. The van der Waals surface area contributed by atoms with Gasteiger partial charge in [-0.25, -0.2) is 4.98 Å². The number of nitrogens with zero attached hydrogens (tertiary/aromatic N) is 2. The van der Waals surface area contributed by atoms with Crippen molar-refractivity contribution in [3.63, 3.8) is 0 Å². The molecule has 23 heavy (non-hydrogen) atoms. The number of aromatic amines is 1. The second-order valence-corrected chi connectivity index (χ2v) is 5.22. The molecule has 6 heteroatoms. The number of rotatable bonds is 8. The van der Waals surface area contributed by atoms with E-state index in [1.807, 2.05) is 12.1 Å². The van der Waals surface area contributed by atoms with Gasteiger partial charge in [-0.1, -0.05) is 18.2 Å². The third kappa shape index (κ3) is 3.98. The molecule has 2 heterocycles.